The molecule has 0 aliphatic rings. The van der Waals surface area contributed by atoms with E-state index in [1.165, 1.54) is 17.7 Å². The number of sulfonamides is 1. The van der Waals surface area contributed by atoms with Crippen LogP contribution >= 0.6 is 0 Å². The van der Waals surface area contributed by atoms with Gasteiger partial charge in [-0.1, -0.05) is 35.0 Å². The molecular formula is C15H14N4O2S. The summed E-state index contributed by atoms with van der Waals surface area (Å²) >= 11 is 0. The molecule has 0 aliphatic carbocycles. The van der Waals surface area contributed by atoms with Gasteiger partial charge < -0.3 is 0 Å². The molecule has 1 aromatic heterocycles. The van der Waals surface area contributed by atoms with Crippen molar-refractivity contribution in [1.29, 1.82) is 0 Å². The summed E-state index contributed by atoms with van der Waals surface area (Å²) < 4.78 is 24.2. The quantitative estimate of drug-likeness (QED) is 0.799. The number of nitrogens with zero attached hydrogens (tertiary/aromatic N) is 3. The van der Waals surface area contributed by atoms with Gasteiger partial charge in [-0.05, 0) is 31.2 Å². The largest absolute Gasteiger partial charge is 0.238 e. The zero-order valence-electron chi connectivity index (χ0n) is 11.8. The van der Waals surface area contributed by atoms with Crippen LogP contribution in [-0.4, -0.2) is 23.4 Å². The molecule has 7 heteroatoms. The van der Waals surface area contributed by atoms with E-state index in [2.05, 4.69) is 10.3 Å². The van der Waals surface area contributed by atoms with E-state index < -0.39 is 10.0 Å². The molecule has 0 amide bonds. The Bertz CT molecular complexity index is 897. The van der Waals surface area contributed by atoms with Crippen LogP contribution in [0.3, 0.4) is 0 Å². The zero-order valence-corrected chi connectivity index (χ0v) is 12.7. The SMILES string of the molecule is Cc1ccc(-c2cnnn2-c2ccc(S(N)(=O)=O)cc2)cc1. The third-order valence-electron chi connectivity index (χ3n) is 3.31. The second-order valence-electron chi connectivity index (χ2n) is 4.94. The number of rotatable bonds is 3. The number of benzene rings is 2. The van der Waals surface area contributed by atoms with E-state index >= 15 is 0 Å². The van der Waals surface area contributed by atoms with Crippen molar-refractivity contribution >= 4 is 10.0 Å². The molecule has 0 aliphatic heterocycles. The van der Waals surface area contributed by atoms with E-state index in [-0.39, 0.29) is 4.90 Å². The Balaban J connectivity index is 2.03. The van der Waals surface area contributed by atoms with Gasteiger partial charge in [0.1, 0.15) is 0 Å². The summed E-state index contributed by atoms with van der Waals surface area (Å²) in [6.07, 6.45) is 1.66. The van der Waals surface area contributed by atoms with Gasteiger partial charge >= 0.3 is 0 Å². The smallest absolute Gasteiger partial charge is 0.225 e. The number of hydrogen-bond donors (Lipinski definition) is 1. The van der Waals surface area contributed by atoms with Gasteiger partial charge in [0, 0.05) is 5.56 Å². The highest BCUT2D eigenvalue weighted by atomic mass is 32.2. The van der Waals surface area contributed by atoms with Crippen molar-refractivity contribution in [1.82, 2.24) is 15.0 Å². The van der Waals surface area contributed by atoms with Crippen LogP contribution in [0.2, 0.25) is 0 Å². The summed E-state index contributed by atoms with van der Waals surface area (Å²) in [5, 5.41) is 13.1. The molecule has 0 atom stereocenters. The molecular weight excluding hydrogens is 300 g/mol. The lowest BCUT2D eigenvalue weighted by atomic mass is 10.1. The monoisotopic (exact) mass is 314 g/mol. The molecule has 0 radical (unpaired) electrons. The molecule has 112 valence electrons. The fraction of sp³-hybridized carbons (Fsp3) is 0.0667. The number of aryl methyl sites for hydroxylation is 1. The molecule has 1 heterocycles. The minimum absolute atomic E-state index is 0.0632. The van der Waals surface area contributed by atoms with E-state index in [4.69, 9.17) is 5.14 Å². The molecule has 0 bridgehead atoms. The van der Waals surface area contributed by atoms with Crippen molar-refractivity contribution in [3.05, 3.63) is 60.3 Å². The van der Waals surface area contributed by atoms with Crippen molar-refractivity contribution in [2.75, 3.05) is 0 Å². The third-order valence-corrected chi connectivity index (χ3v) is 4.24. The van der Waals surface area contributed by atoms with Gasteiger partial charge in [-0.25, -0.2) is 18.2 Å². The summed E-state index contributed by atoms with van der Waals surface area (Å²) in [6.45, 7) is 2.02. The summed E-state index contributed by atoms with van der Waals surface area (Å²) in [4.78, 5) is 0.0632. The first kappa shape index (κ1) is 14.4. The van der Waals surface area contributed by atoms with Crippen molar-refractivity contribution < 1.29 is 8.42 Å². The molecule has 0 saturated heterocycles. The number of nitrogens with two attached hydrogens (primary N) is 1. The first-order valence-corrected chi connectivity index (χ1v) is 8.11. The lowest BCUT2D eigenvalue weighted by Gasteiger charge is -2.07. The maximum atomic E-state index is 11.3. The predicted molar refractivity (Wildman–Crippen MR) is 82.9 cm³/mol. The number of hydrogen-bond acceptors (Lipinski definition) is 4. The lowest BCUT2D eigenvalue weighted by Crippen LogP contribution is -2.12. The van der Waals surface area contributed by atoms with Crippen molar-refractivity contribution in [2.45, 2.75) is 11.8 Å². The van der Waals surface area contributed by atoms with E-state index in [1.54, 1.807) is 23.0 Å². The fourth-order valence-corrected chi connectivity index (χ4v) is 2.64. The summed E-state index contributed by atoms with van der Waals surface area (Å²) in [6, 6.07) is 14.2. The van der Waals surface area contributed by atoms with Crippen LogP contribution in [0.5, 0.6) is 0 Å². The Labute approximate surface area is 128 Å². The fourth-order valence-electron chi connectivity index (χ4n) is 2.12. The van der Waals surface area contributed by atoms with Gasteiger partial charge in [-0.2, -0.15) is 0 Å². The minimum atomic E-state index is -3.70. The minimum Gasteiger partial charge on any atom is -0.225 e. The first-order valence-electron chi connectivity index (χ1n) is 6.56. The van der Waals surface area contributed by atoms with Crippen LogP contribution in [0.1, 0.15) is 5.56 Å². The number of aromatic nitrogens is 3. The molecule has 0 spiro atoms. The third kappa shape index (κ3) is 2.76. The molecule has 22 heavy (non-hydrogen) atoms. The average Bonchev–Trinajstić information content (AvgIpc) is 2.97. The Morgan fingerprint density at radius 2 is 1.64 bits per heavy atom. The first-order chi connectivity index (χ1) is 10.4. The lowest BCUT2D eigenvalue weighted by molar-refractivity contribution is 0.598. The van der Waals surface area contributed by atoms with Crippen molar-refractivity contribution in [3.63, 3.8) is 0 Å². The summed E-state index contributed by atoms with van der Waals surface area (Å²) in [5.74, 6) is 0. The maximum absolute atomic E-state index is 11.3. The molecule has 6 nitrogen and oxygen atoms in total. The highest BCUT2D eigenvalue weighted by Crippen LogP contribution is 2.22. The van der Waals surface area contributed by atoms with E-state index in [9.17, 15) is 8.42 Å². The molecule has 3 rings (SSSR count). The second kappa shape index (κ2) is 5.36. The van der Waals surface area contributed by atoms with Gasteiger partial charge in [-0.3, -0.25) is 0 Å². The van der Waals surface area contributed by atoms with Crippen LogP contribution in [0.15, 0.2) is 59.6 Å². The van der Waals surface area contributed by atoms with Crippen LogP contribution in [0, 0.1) is 6.92 Å². The van der Waals surface area contributed by atoms with Crippen LogP contribution in [0.25, 0.3) is 16.9 Å². The molecule has 3 aromatic rings. The van der Waals surface area contributed by atoms with E-state index in [1.807, 2.05) is 31.2 Å². The molecule has 0 fully saturated rings. The molecule has 2 N–H and O–H groups in total. The van der Waals surface area contributed by atoms with Crippen LogP contribution < -0.4 is 5.14 Å². The average molecular weight is 314 g/mol. The zero-order chi connectivity index (χ0) is 15.7. The Hall–Kier alpha value is -2.51. The maximum Gasteiger partial charge on any atom is 0.238 e. The van der Waals surface area contributed by atoms with E-state index in [0.717, 1.165) is 11.3 Å². The van der Waals surface area contributed by atoms with Gasteiger partial charge in [-0.15, -0.1) is 5.10 Å². The molecule has 0 saturated carbocycles. The van der Waals surface area contributed by atoms with E-state index in [0.29, 0.717) is 5.69 Å². The van der Waals surface area contributed by atoms with Crippen molar-refractivity contribution in [2.24, 2.45) is 5.14 Å². The standard InChI is InChI=1S/C15H14N4O2S/c1-11-2-4-12(5-3-11)15-10-17-18-19(15)13-6-8-14(9-7-13)22(16,20)21/h2-10H,1H3,(H2,16,20,21). The Kier molecular flexibility index (Phi) is 3.51. The number of primary sulfonamides is 1. The molecule has 0 unspecified atom stereocenters. The van der Waals surface area contributed by atoms with Gasteiger partial charge in [0.05, 0.1) is 22.5 Å². The van der Waals surface area contributed by atoms with Gasteiger partial charge in [0.2, 0.25) is 10.0 Å². The summed E-state index contributed by atoms with van der Waals surface area (Å²) in [5.41, 5.74) is 3.68. The highest BCUT2D eigenvalue weighted by molar-refractivity contribution is 7.89. The Morgan fingerprint density at radius 1 is 1.00 bits per heavy atom. The van der Waals surface area contributed by atoms with Gasteiger partial charge in [0.15, 0.2) is 0 Å². The van der Waals surface area contributed by atoms with Crippen molar-refractivity contribution in [3.8, 4) is 16.9 Å². The summed E-state index contributed by atoms with van der Waals surface area (Å²) in [7, 11) is -3.70. The normalized spacial score (nSPS) is 11.5. The van der Waals surface area contributed by atoms with Gasteiger partial charge in [0.25, 0.3) is 0 Å². The molecule has 2 aromatic carbocycles. The Morgan fingerprint density at radius 3 is 2.23 bits per heavy atom. The highest BCUT2D eigenvalue weighted by Gasteiger charge is 2.11. The second-order valence-corrected chi connectivity index (χ2v) is 6.50. The predicted octanol–water partition coefficient (Wildman–Crippen LogP) is 1.89. The van der Waals surface area contributed by atoms with Crippen LogP contribution in [0.4, 0.5) is 0 Å². The van der Waals surface area contributed by atoms with Crippen LogP contribution in [-0.2, 0) is 10.0 Å². The topological polar surface area (TPSA) is 90.9 Å².